The summed E-state index contributed by atoms with van der Waals surface area (Å²) in [5.74, 6) is 1.05. The summed E-state index contributed by atoms with van der Waals surface area (Å²) in [5.41, 5.74) is 1.18. The summed E-state index contributed by atoms with van der Waals surface area (Å²) >= 11 is 0. The van der Waals surface area contributed by atoms with E-state index in [0.29, 0.717) is 0 Å². The molecule has 0 saturated heterocycles. The smallest absolute Gasteiger partial charge is 0.308 e. The molecule has 2 rings (SSSR count). The normalized spacial score (nSPS) is 20.5. The highest BCUT2D eigenvalue weighted by molar-refractivity contribution is 5.72. The van der Waals surface area contributed by atoms with Crippen molar-refractivity contribution >= 4 is 5.97 Å². The molecule has 82 valence electrons. The van der Waals surface area contributed by atoms with Crippen molar-refractivity contribution in [1.29, 1.82) is 0 Å². The molecule has 1 aliphatic rings. The van der Waals surface area contributed by atoms with Gasteiger partial charge in [0.2, 0.25) is 0 Å². The van der Waals surface area contributed by atoms with Crippen LogP contribution >= 0.6 is 0 Å². The van der Waals surface area contributed by atoms with E-state index in [1.165, 1.54) is 12.8 Å². The Hall–Kier alpha value is -1.32. The average Bonchev–Trinajstić information content (AvgIpc) is 2.50. The van der Waals surface area contributed by atoms with Gasteiger partial charge in [-0.2, -0.15) is 0 Å². The average molecular weight is 208 g/mol. The van der Waals surface area contributed by atoms with Crippen LogP contribution in [0.1, 0.15) is 24.4 Å². The molecule has 1 aliphatic heterocycles. The Kier molecular flexibility index (Phi) is 2.75. The molecule has 1 aromatic rings. The number of esters is 1. The SMILES string of the molecule is COC(=O)C1CCc2ncc(C)n2CC1. The molecule has 0 amide bonds. The molecule has 0 aromatic carbocycles. The van der Waals surface area contributed by atoms with Crippen molar-refractivity contribution in [1.82, 2.24) is 9.55 Å². The van der Waals surface area contributed by atoms with Crippen molar-refractivity contribution in [3.05, 3.63) is 17.7 Å². The summed E-state index contributed by atoms with van der Waals surface area (Å²) in [7, 11) is 1.46. The molecule has 0 fully saturated rings. The Morgan fingerprint density at radius 1 is 1.60 bits per heavy atom. The second-order valence-corrected chi connectivity index (χ2v) is 4.01. The van der Waals surface area contributed by atoms with E-state index in [0.717, 1.165) is 31.6 Å². The van der Waals surface area contributed by atoms with Crippen LogP contribution in [0.25, 0.3) is 0 Å². The van der Waals surface area contributed by atoms with Crippen molar-refractivity contribution in [2.24, 2.45) is 5.92 Å². The zero-order valence-corrected chi connectivity index (χ0v) is 9.19. The van der Waals surface area contributed by atoms with Crippen molar-refractivity contribution in [2.75, 3.05) is 7.11 Å². The Morgan fingerprint density at radius 2 is 2.40 bits per heavy atom. The number of fused-ring (bicyclic) bond motifs is 1. The molecule has 0 N–H and O–H groups in total. The number of aryl methyl sites for hydroxylation is 2. The third kappa shape index (κ3) is 1.89. The maximum atomic E-state index is 11.4. The van der Waals surface area contributed by atoms with Gasteiger partial charge in [-0.1, -0.05) is 0 Å². The second-order valence-electron chi connectivity index (χ2n) is 4.01. The lowest BCUT2D eigenvalue weighted by Crippen LogP contribution is -2.16. The van der Waals surface area contributed by atoms with Crippen LogP contribution in [0.4, 0.5) is 0 Å². The van der Waals surface area contributed by atoms with Gasteiger partial charge in [0.05, 0.1) is 13.0 Å². The highest BCUT2D eigenvalue weighted by Gasteiger charge is 2.23. The first-order chi connectivity index (χ1) is 7.22. The standard InChI is InChI=1S/C11H16N2O2/c1-8-7-12-10-4-3-9(11(14)15-2)5-6-13(8)10/h7,9H,3-6H2,1-2H3. The molecule has 0 bridgehead atoms. The van der Waals surface area contributed by atoms with Crippen LogP contribution in [0.15, 0.2) is 6.20 Å². The van der Waals surface area contributed by atoms with Gasteiger partial charge in [0.15, 0.2) is 0 Å². The second kappa shape index (κ2) is 4.04. The third-order valence-electron chi connectivity index (χ3n) is 3.09. The minimum Gasteiger partial charge on any atom is -0.469 e. The number of imidazole rings is 1. The Morgan fingerprint density at radius 3 is 3.13 bits per heavy atom. The van der Waals surface area contributed by atoms with Gasteiger partial charge >= 0.3 is 5.97 Å². The van der Waals surface area contributed by atoms with Crippen molar-refractivity contribution in [2.45, 2.75) is 32.7 Å². The fraction of sp³-hybridized carbons (Fsp3) is 0.636. The van der Waals surface area contributed by atoms with E-state index in [4.69, 9.17) is 4.74 Å². The number of hydrogen-bond donors (Lipinski definition) is 0. The maximum Gasteiger partial charge on any atom is 0.308 e. The van der Waals surface area contributed by atoms with E-state index in [1.54, 1.807) is 0 Å². The molecule has 15 heavy (non-hydrogen) atoms. The molecule has 4 heteroatoms. The number of hydrogen-bond acceptors (Lipinski definition) is 3. The van der Waals surface area contributed by atoms with Gasteiger partial charge in [-0.25, -0.2) is 4.98 Å². The zero-order valence-electron chi connectivity index (χ0n) is 9.19. The number of ether oxygens (including phenoxy) is 1. The van der Waals surface area contributed by atoms with Crippen molar-refractivity contribution < 1.29 is 9.53 Å². The minimum absolute atomic E-state index is 0.0381. The Balaban J connectivity index is 2.12. The first kappa shape index (κ1) is 10.2. The van der Waals surface area contributed by atoms with Crippen molar-refractivity contribution in [3.8, 4) is 0 Å². The fourth-order valence-electron chi connectivity index (χ4n) is 2.15. The summed E-state index contributed by atoms with van der Waals surface area (Å²) in [5, 5.41) is 0. The van der Waals surface area contributed by atoms with Gasteiger partial charge in [-0.3, -0.25) is 4.79 Å². The monoisotopic (exact) mass is 208 g/mol. The molecule has 0 spiro atoms. The fourth-order valence-corrected chi connectivity index (χ4v) is 2.15. The minimum atomic E-state index is -0.0848. The van der Waals surface area contributed by atoms with Crippen LogP contribution in [0.2, 0.25) is 0 Å². The highest BCUT2D eigenvalue weighted by Crippen LogP contribution is 2.21. The maximum absolute atomic E-state index is 11.4. The summed E-state index contributed by atoms with van der Waals surface area (Å²) < 4.78 is 6.98. The van der Waals surface area contributed by atoms with Crippen LogP contribution in [0.3, 0.4) is 0 Å². The number of nitrogens with zero attached hydrogens (tertiary/aromatic N) is 2. The van der Waals surface area contributed by atoms with E-state index < -0.39 is 0 Å². The van der Waals surface area contributed by atoms with E-state index in [2.05, 4.69) is 16.5 Å². The van der Waals surface area contributed by atoms with Gasteiger partial charge in [-0.05, 0) is 19.8 Å². The largest absolute Gasteiger partial charge is 0.469 e. The van der Waals surface area contributed by atoms with Gasteiger partial charge in [0.1, 0.15) is 5.82 Å². The van der Waals surface area contributed by atoms with Gasteiger partial charge in [0, 0.05) is 24.9 Å². The highest BCUT2D eigenvalue weighted by atomic mass is 16.5. The van der Waals surface area contributed by atoms with E-state index in [1.807, 2.05) is 6.20 Å². The predicted octanol–water partition coefficient (Wildman–Crippen LogP) is 1.32. The molecule has 1 atom stereocenters. The molecule has 4 nitrogen and oxygen atoms in total. The summed E-state index contributed by atoms with van der Waals surface area (Å²) in [6, 6.07) is 0. The van der Waals surface area contributed by atoms with Crippen molar-refractivity contribution in [3.63, 3.8) is 0 Å². The first-order valence-corrected chi connectivity index (χ1v) is 5.31. The molecular formula is C11H16N2O2. The molecule has 2 heterocycles. The van der Waals surface area contributed by atoms with Crippen LogP contribution in [-0.2, 0) is 22.5 Å². The molecular weight excluding hydrogens is 192 g/mol. The quantitative estimate of drug-likeness (QED) is 0.654. The lowest BCUT2D eigenvalue weighted by atomic mass is 10.0. The number of rotatable bonds is 1. The Bertz CT molecular complexity index is 371. The van der Waals surface area contributed by atoms with E-state index >= 15 is 0 Å². The van der Waals surface area contributed by atoms with Gasteiger partial charge in [-0.15, -0.1) is 0 Å². The summed E-state index contributed by atoms with van der Waals surface area (Å²) in [4.78, 5) is 15.8. The topological polar surface area (TPSA) is 44.1 Å². The first-order valence-electron chi connectivity index (χ1n) is 5.31. The van der Waals surface area contributed by atoms with Crippen LogP contribution in [0.5, 0.6) is 0 Å². The molecule has 0 saturated carbocycles. The molecule has 0 radical (unpaired) electrons. The van der Waals surface area contributed by atoms with Crippen LogP contribution in [0, 0.1) is 12.8 Å². The van der Waals surface area contributed by atoms with E-state index in [-0.39, 0.29) is 11.9 Å². The Labute approximate surface area is 89.3 Å². The zero-order chi connectivity index (χ0) is 10.8. The van der Waals surface area contributed by atoms with Gasteiger partial charge < -0.3 is 9.30 Å². The molecule has 1 unspecified atom stereocenters. The molecule has 0 aliphatic carbocycles. The molecule has 1 aromatic heterocycles. The van der Waals surface area contributed by atoms with Gasteiger partial charge in [0.25, 0.3) is 0 Å². The summed E-state index contributed by atoms with van der Waals surface area (Å²) in [6.45, 7) is 2.93. The number of carbonyl (C=O) groups excluding carboxylic acids is 1. The number of carbonyl (C=O) groups is 1. The van der Waals surface area contributed by atoms with E-state index in [9.17, 15) is 4.79 Å². The predicted molar refractivity (Wildman–Crippen MR) is 55.4 cm³/mol. The summed E-state index contributed by atoms with van der Waals surface area (Å²) in [6.07, 6.45) is 4.47. The third-order valence-corrected chi connectivity index (χ3v) is 3.09. The van der Waals surface area contributed by atoms with Crippen LogP contribution in [-0.4, -0.2) is 22.6 Å². The van der Waals surface area contributed by atoms with Crippen LogP contribution < -0.4 is 0 Å². The number of methoxy groups -OCH3 is 1. The lowest BCUT2D eigenvalue weighted by Gasteiger charge is -2.10. The lowest BCUT2D eigenvalue weighted by molar-refractivity contribution is -0.145. The number of aromatic nitrogens is 2.